The number of hydrogen-bond donors (Lipinski definition) is 2. The van der Waals surface area contributed by atoms with E-state index in [0.717, 1.165) is 19.3 Å². The molecule has 0 aromatic rings. The summed E-state index contributed by atoms with van der Waals surface area (Å²) in [6.45, 7) is 8.38. The highest BCUT2D eigenvalue weighted by atomic mass is 16.3. The van der Waals surface area contributed by atoms with E-state index in [1.54, 1.807) is 4.90 Å². The molecule has 0 saturated carbocycles. The zero-order valence-electron chi connectivity index (χ0n) is 13.1. The molecule has 5 nitrogen and oxygen atoms in total. The number of rotatable bonds is 5. The van der Waals surface area contributed by atoms with Crippen molar-refractivity contribution in [2.45, 2.75) is 65.5 Å². The van der Waals surface area contributed by atoms with E-state index < -0.39 is 5.41 Å². The van der Waals surface area contributed by atoms with Crippen molar-refractivity contribution < 1.29 is 14.7 Å². The van der Waals surface area contributed by atoms with Gasteiger partial charge in [0.05, 0.1) is 0 Å². The fraction of sp³-hybridized carbons (Fsp3) is 0.867. The molecule has 2 atom stereocenters. The molecule has 1 heterocycles. The highest BCUT2D eigenvalue weighted by Gasteiger charge is 2.38. The number of aliphatic hydroxyl groups is 1. The monoisotopic (exact) mass is 284 g/mol. The molecule has 0 radical (unpaired) electrons. The summed E-state index contributed by atoms with van der Waals surface area (Å²) >= 11 is 0. The largest absolute Gasteiger partial charge is 0.396 e. The van der Waals surface area contributed by atoms with Gasteiger partial charge in [0.2, 0.25) is 11.8 Å². The van der Waals surface area contributed by atoms with Crippen LogP contribution in [0.15, 0.2) is 0 Å². The van der Waals surface area contributed by atoms with Crippen molar-refractivity contribution in [2.24, 2.45) is 5.41 Å². The Balaban J connectivity index is 2.60. The average Bonchev–Trinajstić information content (AvgIpc) is 2.83. The van der Waals surface area contributed by atoms with E-state index in [1.807, 2.05) is 27.7 Å². The van der Waals surface area contributed by atoms with E-state index in [0.29, 0.717) is 13.0 Å². The first-order valence-corrected chi connectivity index (χ1v) is 7.49. The van der Waals surface area contributed by atoms with Crippen LogP contribution in [-0.2, 0) is 9.59 Å². The lowest BCUT2D eigenvalue weighted by Gasteiger charge is -2.30. The Morgan fingerprint density at radius 3 is 2.60 bits per heavy atom. The summed E-state index contributed by atoms with van der Waals surface area (Å²) in [6.07, 6.45) is 3.05. The van der Waals surface area contributed by atoms with E-state index in [1.165, 1.54) is 0 Å². The van der Waals surface area contributed by atoms with Crippen LogP contribution in [0.5, 0.6) is 0 Å². The average molecular weight is 284 g/mol. The van der Waals surface area contributed by atoms with E-state index >= 15 is 0 Å². The third-order valence-electron chi connectivity index (χ3n) is 3.64. The smallest absolute Gasteiger partial charge is 0.243 e. The van der Waals surface area contributed by atoms with Gasteiger partial charge in [-0.25, -0.2) is 0 Å². The molecule has 0 aliphatic carbocycles. The molecule has 20 heavy (non-hydrogen) atoms. The van der Waals surface area contributed by atoms with Crippen LogP contribution in [0.2, 0.25) is 0 Å². The van der Waals surface area contributed by atoms with Crippen LogP contribution >= 0.6 is 0 Å². The maximum absolute atomic E-state index is 12.4. The Morgan fingerprint density at radius 2 is 2.05 bits per heavy atom. The molecule has 2 amide bonds. The lowest BCUT2D eigenvalue weighted by molar-refractivity contribution is -0.144. The molecule has 1 aliphatic heterocycles. The van der Waals surface area contributed by atoms with Crippen molar-refractivity contribution in [3.63, 3.8) is 0 Å². The van der Waals surface area contributed by atoms with Crippen LogP contribution in [0.4, 0.5) is 0 Å². The van der Waals surface area contributed by atoms with Crippen LogP contribution < -0.4 is 5.32 Å². The van der Waals surface area contributed by atoms with Gasteiger partial charge in [-0.05, 0) is 32.6 Å². The van der Waals surface area contributed by atoms with Crippen LogP contribution in [0.25, 0.3) is 0 Å². The summed E-state index contributed by atoms with van der Waals surface area (Å²) in [6, 6.07) is -0.305. The highest BCUT2D eigenvalue weighted by molar-refractivity contribution is 5.90. The zero-order valence-corrected chi connectivity index (χ0v) is 13.1. The fourth-order valence-electron chi connectivity index (χ4n) is 2.52. The van der Waals surface area contributed by atoms with Gasteiger partial charge >= 0.3 is 0 Å². The Bertz CT molecular complexity index is 350. The van der Waals surface area contributed by atoms with Gasteiger partial charge in [-0.1, -0.05) is 20.8 Å². The van der Waals surface area contributed by atoms with Crippen molar-refractivity contribution in [3.8, 4) is 0 Å². The van der Waals surface area contributed by atoms with Gasteiger partial charge in [0.1, 0.15) is 6.04 Å². The van der Waals surface area contributed by atoms with Gasteiger partial charge in [-0.2, -0.15) is 0 Å². The highest BCUT2D eigenvalue weighted by Crippen LogP contribution is 2.25. The van der Waals surface area contributed by atoms with Crippen molar-refractivity contribution >= 4 is 11.8 Å². The molecule has 1 fully saturated rings. The quantitative estimate of drug-likeness (QED) is 0.799. The van der Waals surface area contributed by atoms with Gasteiger partial charge in [0.15, 0.2) is 0 Å². The Morgan fingerprint density at radius 1 is 1.40 bits per heavy atom. The van der Waals surface area contributed by atoms with Crippen LogP contribution in [-0.4, -0.2) is 47.1 Å². The standard InChI is InChI=1S/C15H28N2O3/c1-11(7-6-10-18)16-13(19)12-8-5-9-17(12)14(20)15(2,3)4/h11-12,18H,5-10H2,1-4H3,(H,16,19). The van der Waals surface area contributed by atoms with E-state index in [2.05, 4.69) is 5.32 Å². The molecular weight excluding hydrogens is 256 g/mol. The first-order valence-electron chi connectivity index (χ1n) is 7.49. The summed E-state index contributed by atoms with van der Waals surface area (Å²) in [5.74, 6) is -0.0244. The maximum Gasteiger partial charge on any atom is 0.243 e. The van der Waals surface area contributed by atoms with Crippen LogP contribution in [0.3, 0.4) is 0 Å². The van der Waals surface area contributed by atoms with Gasteiger partial charge in [0, 0.05) is 24.6 Å². The summed E-state index contributed by atoms with van der Waals surface area (Å²) in [5, 5.41) is 11.7. The predicted molar refractivity (Wildman–Crippen MR) is 78.1 cm³/mol. The van der Waals surface area contributed by atoms with Crippen molar-refractivity contribution in [1.29, 1.82) is 0 Å². The molecule has 1 saturated heterocycles. The molecular formula is C15H28N2O3. The molecule has 1 rings (SSSR count). The number of aliphatic hydroxyl groups excluding tert-OH is 1. The second-order valence-corrected chi connectivity index (χ2v) is 6.68. The molecule has 5 heteroatoms. The lowest BCUT2D eigenvalue weighted by atomic mass is 9.94. The first-order chi connectivity index (χ1) is 9.27. The van der Waals surface area contributed by atoms with E-state index in [4.69, 9.17) is 5.11 Å². The Labute approximate surface area is 121 Å². The number of amides is 2. The van der Waals surface area contributed by atoms with E-state index in [-0.39, 0.29) is 30.5 Å². The minimum Gasteiger partial charge on any atom is -0.396 e. The molecule has 116 valence electrons. The van der Waals surface area contributed by atoms with E-state index in [9.17, 15) is 9.59 Å². The summed E-state index contributed by atoms with van der Waals surface area (Å²) < 4.78 is 0. The Kier molecular flexibility index (Phi) is 5.99. The molecule has 0 bridgehead atoms. The summed E-state index contributed by atoms with van der Waals surface area (Å²) in [4.78, 5) is 26.4. The zero-order chi connectivity index (χ0) is 15.3. The first kappa shape index (κ1) is 17.0. The van der Waals surface area contributed by atoms with Crippen molar-refractivity contribution in [1.82, 2.24) is 10.2 Å². The third kappa shape index (κ3) is 4.47. The second kappa shape index (κ2) is 7.07. The summed E-state index contributed by atoms with van der Waals surface area (Å²) in [7, 11) is 0. The topological polar surface area (TPSA) is 69.6 Å². The number of nitrogens with one attached hydrogen (secondary N) is 1. The minimum absolute atomic E-state index is 0.0295. The van der Waals surface area contributed by atoms with Gasteiger partial charge in [0.25, 0.3) is 0 Å². The number of carbonyl (C=O) groups excluding carboxylic acids is 2. The van der Waals surface area contributed by atoms with Crippen molar-refractivity contribution in [2.75, 3.05) is 13.2 Å². The van der Waals surface area contributed by atoms with Crippen LogP contribution in [0, 0.1) is 5.41 Å². The lowest BCUT2D eigenvalue weighted by Crippen LogP contribution is -2.50. The van der Waals surface area contributed by atoms with Gasteiger partial charge in [-0.15, -0.1) is 0 Å². The fourth-order valence-corrected chi connectivity index (χ4v) is 2.52. The Hall–Kier alpha value is -1.10. The molecule has 0 aromatic carbocycles. The number of likely N-dealkylation sites (tertiary alicyclic amines) is 1. The molecule has 2 N–H and O–H groups in total. The minimum atomic E-state index is -0.453. The SMILES string of the molecule is CC(CCCO)NC(=O)C1CCCN1C(=O)C(C)(C)C. The van der Waals surface area contributed by atoms with Crippen LogP contribution in [0.1, 0.15) is 53.4 Å². The molecule has 2 unspecified atom stereocenters. The number of hydrogen-bond acceptors (Lipinski definition) is 3. The normalized spacial score (nSPS) is 20.9. The molecule has 0 spiro atoms. The van der Waals surface area contributed by atoms with Crippen molar-refractivity contribution in [3.05, 3.63) is 0 Å². The number of carbonyl (C=O) groups is 2. The molecule has 1 aliphatic rings. The maximum atomic E-state index is 12.4. The van der Waals surface area contributed by atoms with Gasteiger partial charge in [-0.3, -0.25) is 9.59 Å². The number of nitrogens with zero attached hydrogens (tertiary/aromatic N) is 1. The molecule has 0 aromatic heterocycles. The third-order valence-corrected chi connectivity index (χ3v) is 3.64. The van der Waals surface area contributed by atoms with Gasteiger partial charge < -0.3 is 15.3 Å². The second-order valence-electron chi connectivity index (χ2n) is 6.68. The summed E-state index contributed by atoms with van der Waals surface area (Å²) in [5.41, 5.74) is -0.453. The predicted octanol–water partition coefficient (Wildman–Crippen LogP) is 1.30.